The lowest BCUT2D eigenvalue weighted by Gasteiger charge is -2.21. The van der Waals surface area contributed by atoms with E-state index in [2.05, 4.69) is 26.4 Å². The van der Waals surface area contributed by atoms with Crippen LogP contribution in [-0.2, 0) is 10.0 Å². The molecule has 0 spiro atoms. The maximum absolute atomic E-state index is 13.2. The van der Waals surface area contributed by atoms with Crippen LogP contribution in [-0.4, -0.2) is 47.8 Å². The number of hydrogen-bond donors (Lipinski definition) is 2. The van der Waals surface area contributed by atoms with E-state index in [4.69, 9.17) is 4.74 Å². The van der Waals surface area contributed by atoms with Crippen molar-refractivity contribution >= 4 is 39.2 Å². The molecule has 2 bridgehead atoms. The molecule has 2 atom stereocenters. The molecule has 0 radical (unpaired) electrons. The molecule has 194 valence electrons. The van der Waals surface area contributed by atoms with E-state index in [-0.39, 0.29) is 22.0 Å². The van der Waals surface area contributed by atoms with Gasteiger partial charge in [0.25, 0.3) is 0 Å². The number of imidazole rings is 1. The number of amidine groups is 1. The summed E-state index contributed by atoms with van der Waals surface area (Å²) in [6.07, 6.45) is 1.88. The van der Waals surface area contributed by atoms with Crippen LogP contribution in [0.4, 0.5) is 8.78 Å². The van der Waals surface area contributed by atoms with Crippen LogP contribution in [0.1, 0.15) is 56.2 Å². The minimum absolute atomic E-state index is 0.0942. The third-order valence-electron chi connectivity index (χ3n) is 6.49. The van der Waals surface area contributed by atoms with E-state index in [0.29, 0.717) is 23.3 Å². The van der Waals surface area contributed by atoms with E-state index in [0.717, 1.165) is 11.1 Å². The van der Waals surface area contributed by atoms with E-state index in [1.165, 1.54) is 18.2 Å². The first kappa shape index (κ1) is 25.2. The molecule has 0 amide bonds. The molecular weight excluding hydrogens is 504 g/mol. The van der Waals surface area contributed by atoms with Crippen LogP contribution < -0.4 is 9.46 Å². The standard InChI is InChI=1S/C25H25F2N5O4S/c1-13(12-29-23(28-4)25(2,3)33)14-8-9-15-17(10-14)32-18-11-16(22(32)30-15)31-37(34,35)20-7-5-6-19(21(18)20)36-24(26)27/h5-10,12,16,18,24,31,33H,4,11H2,1-3H3/b13-12+,29-23-/t16-,18-/m1/s1. The average Bonchev–Trinajstić information content (AvgIpc) is 3.31. The van der Waals surface area contributed by atoms with Gasteiger partial charge in [-0.2, -0.15) is 8.78 Å². The Morgan fingerprint density at radius 2 is 2.11 bits per heavy atom. The van der Waals surface area contributed by atoms with Crippen LogP contribution in [0.3, 0.4) is 0 Å². The van der Waals surface area contributed by atoms with Gasteiger partial charge in [-0.1, -0.05) is 12.1 Å². The van der Waals surface area contributed by atoms with Crippen LogP contribution >= 0.6 is 0 Å². The SMILES string of the molecule is C=N/C(=N\C=C(/C)c1ccc2nc3n(c2c1)[C@@H]1C[C@H]3NS(=O)(=O)c2cccc(OC(F)F)c21)C(C)(C)O. The van der Waals surface area contributed by atoms with E-state index in [1.54, 1.807) is 20.0 Å². The van der Waals surface area contributed by atoms with Crippen LogP contribution in [0.15, 0.2) is 57.5 Å². The minimum Gasteiger partial charge on any atom is -0.434 e. The first-order chi connectivity index (χ1) is 17.4. The number of rotatable bonds is 5. The fourth-order valence-corrected chi connectivity index (χ4v) is 6.36. The summed E-state index contributed by atoms with van der Waals surface area (Å²) in [5.74, 6) is 0.479. The number of nitrogens with one attached hydrogen (secondary N) is 1. The smallest absolute Gasteiger partial charge is 0.387 e. The zero-order valence-corrected chi connectivity index (χ0v) is 21.1. The van der Waals surface area contributed by atoms with Gasteiger partial charge in [0.05, 0.1) is 28.0 Å². The second kappa shape index (κ2) is 8.82. The summed E-state index contributed by atoms with van der Waals surface area (Å²) in [5, 5.41) is 10.2. The minimum atomic E-state index is -3.99. The Labute approximate surface area is 212 Å². The fraction of sp³-hybridized carbons (Fsp3) is 0.320. The molecule has 0 unspecified atom stereocenters. The lowest BCUT2D eigenvalue weighted by molar-refractivity contribution is -0.0508. The van der Waals surface area contributed by atoms with Gasteiger partial charge in [0, 0.05) is 11.8 Å². The molecule has 2 N–H and O–H groups in total. The second-order valence-corrected chi connectivity index (χ2v) is 11.2. The summed E-state index contributed by atoms with van der Waals surface area (Å²) in [7, 11) is -3.99. The Hall–Kier alpha value is -3.48. The van der Waals surface area contributed by atoms with E-state index in [1.807, 2.05) is 29.7 Å². The van der Waals surface area contributed by atoms with Crippen molar-refractivity contribution in [2.24, 2.45) is 9.98 Å². The number of fused-ring (bicyclic) bond motifs is 9. The summed E-state index contributed by atoms with van der Waals surface area (Å²) in [6, 6.07) is 8.44. The Morgan fingerprint density at radius 3 is 2.78 bits per heavy atom. The highest BCUT2D eigenvalue weighted by Gasteiger charge is 2.44. The van der Waals surface area contributed by atoms with Crippen molar-refractivity contribution in [2.75, 3.05) is 0 Å². The lowest BCUT2D eigenvalue weighted by atomic mass is 10.0. The van der Waals surface area contributed by atoms with Gasteiger partial charge >= 0.3 is 6.61 Å². The number of aliphatic imine (C=N–C) groups is 2. The van der Waals surface area contributed by atoms with Crippen LogP contribution in [0, 0.1) is 0 Å². The Kier molecular flexibility index (Phi) is 6.00. The molecule has 3 aromatic rings. The molecule has 2 aliphatic rings. The molecule has 0 saturated heterocycles. The summed E-state index contributed by atoms with van der Waals surface area (Å²) in [4.78, 5) is 12.6. The normalized spacial score (nSPS) is 21.1. The van der Waals surface area contributed by atoms with Gasteiger partial charge in [-0.15, -0.1) is 0 Å². The predicted octanol–water partition coefficient (Wildman–Crippen LogP) is 4.19. The maximum Gasteiger partial charge on any atom is 0.387 e. The molecule has 2 aliphatic heterocycles. The molecule has 12 heteroatoms. The van der Waals surface area contributed by atoms with Crippen LogP contribution in [0.2, 0.25) is 0 Å². The summed E-state index contributed by atoms with van der Waals surface area (Å²) < 4.78 is 61.9. The molecule has 0 aliphatic carbocycles. The second-order valence-electron chi connectivity index (χ2n) is 9.50. The number of hydrogen-bond acceptors (Lipinski definition) is 6. The Morgan fingerprint density at radius 1 is 1.35 bits per heavy atom. The highest BCUT2D eigenvalue weighted by molar-refractivity contribution is 7.89. The Balaban J connectivity index is 1.67. The Bertz CT molecular complexity index is 1590. The highest BCUT2D eigenvalue weighted by Crippen LogP contribution is 2.49. The van der Waals surface area contributed by atoms with Gasteiger partial charge in [-0.3, -0.25) is 0 Å². The van der Waals surface area contributed by atoms with E-state index in [9.17, 15) is 22.3 Å². The van der Waals surface area contributed by atoms with Crippen molar-refractivity contribution in [3.05, 3.63) is 59.5 Å². The fourth-order valence-electron chi connectivity index (χ4n) is 4.87. The molecular formula is C25H25F2N5O4S. The van der Waals surface area contributed by atoms with Crippen molar-refractivity contribution in [3.63, 3.8) is 0 Å². The van der Waals surface area contributed by atoms with Gasteiger partial charge < -0.3 is 14.4 Å². The van der Waals surface area contributed by atoms with E-state index >= 15 is 0 Å². The number of sulfonamides is 1. The molecule has 2 aromatic carbocycles. The number of ether oxygens (including phenoxy) is 1. The number of aliphatic hydroxyl groups is 1. The first-order valence-electron chi connectivity index (χ1n) is 11.5. The number of benzene rings is 2. The summed E-state index contributed by atoms with van der Waals surface area (Å²) >= 11 is 0. The molecule has 5 rings (SSSR count). The van der Waals surface area contributed by atoms with Crippen molar-refractivity contribution < 1.29 is 27.0 Å². The monoisotopic (exact) mass is 529 g/mol. The van der Waals surface area contributed by atoms with Crippen molar-refractivity contribution in [2.45, 2.75) is 56.4 Å². The molecule has 1 aromatic heterocycles. The zero-order valence-electron chi connectivity index (χ0n) is 20.3. The topological polar surface area (TPSA) is 118 Å². The average molecular weight is 530 g/mol. The maximum atomic E-state index is 13.2. The molecule has 0 saturated carbocycles. The number of allylic oxidation sites excluding steroid dienone is 1. The van der Waals surface area contributed by atoms with Crippen molar-refractivity contribution in [3.8, 4) is 5.75 Å². The third kappa shape index (κ3) is 4.34. The quantitative estimate of drug-likeness (QED) is 0.380. The van der Waals surface area contributed by atoms with Gasteiger partial charge in [-0.25, -0.2) is 28.1 Å². The zero-order chi connectivity index (χ0) is 26.7. The molecule has 3 heterocycles. The third-order valence-corrected chi connectivity index (χ3v) is 8.02. The van der Waals surface area contributed by atoms with Crippen molar-refractivity contribution in [1.29, 1.82) is 0 Å². The van der Waals surface area contributed by atoms with Crippen LogP contribution in [0.25, 0.3) is 16.6 Å². The van der Waals surface area contributed by atoms with Crippen LogP contribution in [0.5, 0.6) is 5.75 Å². The van der Waals surface area contributed by atoms with Gasteiger partial charge in [0.1, 0.15) is 17.2 Å². The summed E-state index contributed by atoms with van der Waals surface area (Å²) in [6.45, 7) is 5.31. The van der Waals surface area contributed by atoms with Crippen molar-refractivity contribution in [1.82, 2.24) is 14.3 Å². The highest BCUT2D eigenvalue weighted by atomic mass is 32.2. The lowest BCUT2D eigenvalue weighted by Crippen LogP contribution is -2.29. The van der Waals surface area contributed by atoms with Gasteiger partial charge in [-0.05, 0) is 69.3 Å². The number of nitrogens with zero attached hydrogens (tertiary/aromatic N) is 4. The number of alkyl halides is 2. The molecule has 0 fully saturated rings. The predicted molar refractivity (Wildman–Crippen MR) is 136 cm³/mol. The number of halogens is 2. The molecule has 9 nitrogen and oxygen atoms in total. The van der Waals surface area contributed by atoms with Gasteiger partial charge in [0.2, 0.25) is 10.0 Å². The number of aromatic nitrogens is 2. The molecule has 37 heavy (non-hydrogen) atoms. The largest absolute Gasteiger partial charge is 0.434 e. The summed E-state index contributed by atoms with van der Waals surface area (Å²) in [5.41, 5.74) is 1.82. The van der Waals surface area contributed by atoms with Gasteiger partial charge in [0.15, 0.2) is 5.84 Å². The van der Waals surface area contributed by atoms with E-state index < -0.39 is 34.3 Å². The first-order valence-corrected chi connectivity index (χ1v) is 13.0.